The summed E-state index contributed by atoms with van der Waals surface area (Å²) >= 11 is 0. The van der Waals surface area contributed by atoms with Crippen molar-refractivity contribution in [2.24, 2.45) is 0 Å². The standard InChI is InChI=1S/C9H14O4/c1-2-8(11)13-9(12)5-3-7(10)4-6-9/h2,7,10,12H,1,3-6H2. The molecule has 0 spiro atoms. The van der Waals surface area contributed by atoms with Gasteiger partial charge in [-0.15, -0.1) is 0 Å². The molecule has 4 nitrogen and oxygen atoms in total. The molecule has 0 amide bonds. The fourth-order valence-corrected chi connectivity index (χ4v) is 1.38. The second-order valence-electron chi connectivity index (χ2n) is 3.30. The van der Waals surface area contributed by atoms with Gasteiger partial charge in [-0.1, -0.05) is 6.58 Å². The summed E-state index contributed by atoms with van der Waals surface area (Å²) in [6.07, 6.45) is 2.12. The molecular weight excluding hydrogens is 172 g/mol. The molecule has 2 N–H and O–H groups in total. The van der Waals surface area contributed by atoms with Crippen molar-refractivity contribution >= 4 is 5.97 Å². The number of aliphatic hydroxyl groups excluding tert-OH is 1. The molecular formula is C9H14O4. The van der Waals surface area contributed by atoms with Gasteiger partial charge < -0.3 is 14.9 Å². The summed E-state index contributed by atoms with van der Waals surface area (Å²) in [4.78, 5) is 10.8. The van der Waals surface area contributed by atoms with Crippen molar-refractivity contribution in [3.05, 3.63) is 12.7 Å². The van der Waals surface area contributed by atoms with Gasteiger partial charge in [-0.25, -0.2) is 4.79 Å². The molecule has 0 unspecified atom stereocenters. The van der Waals surface area contributed by atoms with E-state index in [2.05, 4.69) is 6.58 Å². The molecule has 0 bridgehead atoms. The number of carbonyl (C=O) groups excluding carboxylic acids is 1. The predicted molar refractivity (Wildman–Crippen MR) is 45.7 cm³/mol. The van der Waals surface area contributed by atoms with Gasteiger partial charge in [0.15, 0.2) is 0 Å². The summed E-state index contributed by atoms with van der Waals surface area (Å²) in [6.45, 7) is 3.24. The van der Waals surface area contributed by atoms with Gasteiger partial charge in [0.05, 0.1) is 6.10 Å². The molecule has 0 saturated heterocycles. The minimum absolute atomic E-state index is 0.285. The molecule has 1 aliphatic rings. The molecule has 1 saturated carbocycles. The van der Waals surface area contributed by atoms with Crippen LogP contribution < -0.4 is 0 Å². The molecule has 0 aliphatic heterocycles. The first kappa shape index (κ1) is 10.2. The SMILES string of the molecule is C=CC(=O)OC1(O)CCC(O)CC1. The quantitative estimate of drug-likeness (QED) is 0.371. The second kappa shape index (κ2) is 3.89. The molecule has 4 heteroatoms. The van der Waals surface area contributed by atoms with E-state index < -0.39 is 11.8 Å². The zero-order valence-corrected chi connectivity index (χ0v) is 7.40. The van der Waals surface area contributed by atoms with Crippen LogP contribution >= 0.6 is 0 Å². The van der Waals surface area contributed by atoms with Gasteiger partial charge in [0.1, 0.15) is 0 Å². The molecule has 13 heavy (non-hydrogen) atoms. The van der Waals surface area contributed by atoms with Gasteiger partial charge in [-0.05, 0) is 12.8 Å². The Morgan fingerprint density at radius 2 is 2.08 bits per heavy atom. The summed E-state index contributed by atoms with van der Waals surface area (Å²) < 4.78 is 4.76. The summed E-state index contributed by atoms with van der Waals surface area (Å²) in [5.74, 6) is -2.02. The number of hydrogen-bond donors (Lipinski definition) is 2. The van der Waals surface area contributed by atoms with Crippen molar-refractivity contribution in [1.82, 2.24) is 0 Å². The van der Waals surface area contributed by atoms with Crippen LogP contribution in [0.1, 0.15) is 25.7 Å². The number of hydrogen-bond acceptors (Lipinski definition) is 4. The van der Waals surface area contributed by atoms with E-state index in [1.807, 2.05) is 0 Å². The van der Waals surface area contributed by atoms with Crippen molar-refractivity contribution in [2.45, 2.75) is 37.6 Å². The van der Waals surface area contributed by atoms with Crippen molar-refractivity contribution in [1.29, 1.82) is 0 Å². The fraction of sp³-hybridized carbons (Fsp3) is 0.667. The van der Waals surface area contributed by atoms with Crippen LogP contribution in [0.3, 0.4) is 0 Å². The van der Waals surface area contributed by atoms with Crippen molar-refractivity contribution in [3.8, 4) is 0 Å². The van der Waals surface area contributed by atoms with E-state index in [4.69, 9.17) is 9.84 Å². The van der Waals surface area contributed by atoms with Crippen molar-refractivity contribution < 1.29 is 19.7 Å². The van der Waals surface area contributed by atoms with Crippen LogP contribution in [-0.2, 0) is 9.53 Å². The molecule has 0 atom stereocenters. The van der Waals surface area contributed by atoms with E-state index in [0.29, 0.717) is 12.8 Å². The minimum atomic E-state index is -1.40. The number of carbonyl (C=O) groups is 1. The highest BCUT2D eigenvalue weighted by Gasteiger charge is 2.35. The minimum Gasteiger partial charge on any atom is -0.430 e. The zero-order valence-electron chi connectivity index (χ0n) is 7.40. The fourth-order valence-electron chi connectivity index (χ4n) is 1.38. The highest BCUT2D eigenvalue weighted by atomic mass is 16.7. The monoisotopic (exact) mass is 186 g/mol. The Balaban J connectivity index is 2.47. The second-order valence-corrected chi connectivity index (χ2v) is 3.30. The van der Waals surface area contributed by atoms with E-state index >= 15 is 0 Å². The van der Waals surface area contributed by atoms with Gasteiger partial charge in [0, 0.05) is 18.9 Å². The summed E-state index contributed by atoms with van der Waals surface area (Å²) in [7, 11) is 0. The molecule has 0 aromatic carbocycles. The third kappa shape index (κ3) is 2.82. The number of esters is 1. The van der Waals surface area contributed by atoms with Crippen LogP contribution in [-0.4, -0.2) is 28.1 Å². The maximum atomic E-state index is 10.8. The van der Waals surface area contributed by atoms with Crippen molar-refractivity contribution in [2.75, 3.05) is 0 Å². The van der Waals surface area contributed by atoms with Gasteiger partial charge in [-0.3, -0.25) is 0 Å². The Kier molecular flexibility index (Phi) is 3.06. The van der Waals surface area contributed by atoms with Gasteiger partial charge in [0.2, 0.25) is 5.79 Å². The Morgan fingerprint density at radius 3 is 2.54 bits per heavy atom. The first-order valence-electron chi connectivity index (χ1n) is 4.31. The lowest BCUT2D eigenvalue weighted by Crippen LogP contribution is -2.39. The summed E-state index contributed by atoms with van der Waals surface area (Å²) in [5, 5.41) is 18.8. The topological polar surface area (TPSA) is 66.8 Å². The molecule has 0 aromatic rings. The van der Waals surface area contributed by atoms with Crippen LogP contribution in [0, 0.1) is 0 Å². The molecule has 74 valence electrons. The zero-order chi connectivity index (χ0) is 9.90. The van der Waals surface area contributed by atoms with E-state index in [1.165, 1.54) is 0 Å². The maximum absolute atomic E-state index is 10.8. The first-order valence-corrected chi connectivity index (χ1v) is 4.31. The van der Waals surface area contributed by atoms with E-state index in [-0.39, 0.29) is 18.9 Å². The van der Waals surface area contributed by atoms with Gasteiger partial charge in [-0.2, -0.15) is 0 Å². The average molecular weight is 186 g/mol. The smallest absolute Gasteiger partial charge is 0.332 e. The van der Waals surface area contributed by atoms with E-state index in [9.17, 15) is 9.90 Å². The summed E-state index contributed by atoms with van der Waals surface area (Å²) in [5.41, 5.74) is 0. The largest absolute Gasteiger partial charge is 0.430 e. The number of rotatable bonds is 2. The number of aliphatic hydroxyl groups is 2. The molecule has 0 aromatic heterocycles. The van der Waals surface area contributed by atoms with Crippen LogP contribution in [0.4, 0.5) is 0 Å². The third-order valence-corrected chi connectivity index (χ3v) is 2.19. The maximum Gasteiger partial charge on any atom is 0.332 e. The Labute approximate surface area is 76.8 Å². The van der Waals surface area contributed by atoms with Crippen LogP contribution in [0.15, 0.2) is 12.7 Å². The van der Waals surface area contributed by atoms with Gasteiger partial charge >= 0.3 is 5.97 Å². The lowest BCUT2D eigenvalue weighted by atomic mass is 9.92. The Morgan fingerprint density at radius 1 is 1.54 bits per heavy atom. The lowest BCUT2D eigenvalue weighted by molar-refractivity contribution is -0.221. The van der Waals surface area contributed by atoms with Crippen LogP contribution in [0.2, 0.25) is 0 Å². The lowest BCUT2D eigenvalue weighted by Gasteiger charge is -2.33. The number of ether oxygens (including phenoxy) is 1. The molecule has 1 rings (SSSR count). The van der Waals surface area contributed by atoms with Gasteiger partial charge in [0.25, 0.3) is 0 Å². The highest BCUT2D eigenvalue weighted by molar-refractivity contribution is 5.81. The van der Waals surface area contributed by atoms with Crippen LogP contribution in [0.25, 0.3) is 0 Å². The normalized spacial score (nSPS) is 33.8. The third-order valence-electron chi connectivity index (χ3n) is 2.19. The first-order chi connectivity index (χ1) is 6.06. The molecule has 1 aliphatic carbocycles. The Bertz CT molecular complexity index is 204. The molecule has 1 fully saturated rings. The summed E-state index contributed by atoms with van der Waals surface area (Å²) in [6, 6.07) is 0. The molecule has 0 heterocycles. The highest BCUT2D eigenvalue weighted by Crippen LogP contribution is 2.29. The van der Waals surface area contributed by atoms with Crippen molar-refractivity contribution in [3.63, 3.8) is 0 Å². The molecule has 0 radical (unpaired) electrons. The average Bonchev–Trinajstić information content (AvgIpc) is 2.10. The van der Waals surface area contributed by atoms with Crippen LogP contribution in [0.5, 0.6) is 0 Å². The van der Waals surface area contributed by atoms with E-state index in [1.54, 1.807) is 0 Å². The predicted octanol–water partition coefficient (Wildman–Crippen LogP) is 0.339. The van der Waals surface area contributed by atoms with E-state index in [0.717, 1.165) is 6.08 Å². The Hall–Kier alpha value is -0.870.